The van der Waals surface area contributed by atoms with Gasteiger partial charge in [0.2, 0.25) is 0 Å². The molecular weight excluding hydrogens is 340 g/mol. The number of amides is 2. The van der Waals surface area contributed by atoms with E-state index in [-0.39, 0.29) is 6.03 Å². The van der Waals surface area contributed by atoms with Crippen molar-refractivity contribution in [2.75, 3.05) is 31.6 Å². The highest BCUT2D eigenvalue weighted by Crippen LogP contribution is 2.26. The molecule has 3 aromatic rings. The number of fused-ring (bicyclic) bond motifs is 1. The maximum Gasteiger partial charge on any atom is 0.323 e. The van der Waals surface area contributed by atoms with Crippen molar-refractivity contribution in [3.8, 4) is 10.6 Å². The summed E-state index contributed by atoms with van der Waals surface area (Å²) in [4.78, 5) is 14.0. The van der Waals surface area contributed by atoms with E-state index in [1.165, 1.54) is 11.3 Å². The molecule has 3 heterocycles. The first-order valence-electron chi connectivity index (χ1n) is 7.91. The third-order valence-corrected chi connectivity index (χ3v) is 4.78. The second-order valence-electron chi connectivity index (χ2n) is 5.66. The van der Waals surface area contributed by atoms with Crippen molar-refractivity contribution in [1.29, 1.82) is 0 Å². The molecule has 0 spiro atoms. The molecule has 1 aliphatic heterocycles. The predicted molar refractivity (Wildman–Crippen MR) is 94.6 cm³/mol. The molecule has 0 atom stereocenters. The molecule has 0 aliphatic carbocycles. The van der Waals surface area contributed by atoms with Crippen LogP contribution in [0.1, 0.15) is 5.01 Å². The van der Waals surface area contributed by atoms with Gasteiger partial charge in [-0.05, 0) is 31.2 Å². The lowest BCUT2D eigenvalue weighted by Crippen LogP contribution is -2.43. The van der Waals surface area contributed by atoms with Crippen molar-refractivity contribution < 1.29 is 9.53 Å². The Morgan fingerprint density at radius 1 is 1.16 bits per heavy atom. The molecule has 2 amide bonds. The highest BCUT2D eigenvalue weighted by Gasteiger charge is 2.17. The van der Waals surface area contributed by atoms with E-state index in [0.717, 1.165) is 26.5 Å². The van der Waals surface area contributed by atoms with Crippen LogP contribution in [0.3, 0.4) is 0 Å². The first-order chi connectivity index (χ1) is 12.2. The van der Waals surface area contributed by atoms with E-state index in [1.54, 1.807) is 4.90 Å². The fraction of sp³-hybridized carbons (Fsp3) is 0.312. The van der Waals surface area contributed by atoms with E-state index < -0.39 is 0 Å². The molecule has 1 N–H and O–H groups in total. The Morgan fingerprint density at radius 2 is 2.00 bits per heavy atom. The molecule has 1 aliphatic rings. The van der Waals surface area contributed by atoms with Crippen molar-refractivity contribution in [2.45, 2.75) is 6.92 Å². The van der Waals surface area contributed by atoms with E-state index in [0.29, 0.717) is 32.1 Å². The maximum absolute atomic E-state index is 12.3. The van der Waals surface area contributed by atoms with E-state index in [4.69, 9.17) is 4.74 Å². The van der Waals surface area contributed by atoms with Crippen LogP contribution in [0, 0.1) is 6.92 Å². The third-order valence-electron chi connectivity index (χ3n) is 3.89. The summed E-state index contributed by atoms with van der Waals surface area (Å²) in [7, 11) is 0. The number of ether oxygens (including phenoxy) is 1. The van der Waals surface area contributed by atoms with Crippen LogP contribution in [-0.4, -0.2) is 57.6 Å². The van der Waals surface area contributed by atoms with Crippen LogP contribution in [0.15, 0.2) is 24.3 Å². The summed E-state index contributed by atoms with van der Waals surface area (Å²) in [5.74, 6) is 0.426. The largest absolute Gasteiger partial charge is 0.378 e. The molecule has 1 fully saturated rings. The molecule has 0 radical (unpaired) electrons. The smallest absolute Gasteiger partial charge is 0.323 e. The van der Waals surface area contributed by atoms with Gasteiger partial charge >= 0.3 is 6.03 Å². The summed E-state index contributed by atoms with van der Waals surface area (Å²) >= 11 is 1.54. The van der Waals surface area contributed by atoms with Gasteiger partial charge in [0, 0.05) is 24.0 Å². The summed E-state index contributed by atoms with van der Waals surface area (Å²) in [6, 6.07) is 7.45. The number of urea groups is 1. The minimum Gasteiger partial charge on any atom is -0.378 e. The van der Waals surface area contributed by atoms with Crippen molar-refractivity contribution in [1.82, 2.24) is 25.3 Å². The van der Waals surface area contributed by atoms with E-state index in [9.17, 15) is 4.79 Å². The van der Waals surface area contributed by atoms with Crippen LogP contribution in [-0.2, 0) is 4.74 Å². The van der Waals surface area contributed by atoms with Crippen LogP contribution < -0.4 is 5.32 Å². The summed E-state index contributed by atoms with van der Waals surface area (Å²) in [5, 5.41) is 21.9. The van der Waals surface area contributed by atoms with Crippen LogP contribution in [0.4, 0.5) is 10.6 Å². The Hall–Kier alpha value is -2.65. The Morgan fingerprint density at radius 3 is 2.76 bits per heavy atom. The van der Waals surface area contributed by atoms with Gasteiger partial charge in [-0.25, -0.2) is 4.79 Å². The number of hydrogen-bond acceptors (Lipinski definition) is 7. The molecule has 0 saturated carbocycles. The lowest BCUT2D eigenvalue weighted by molar-refractivity contribution is 0.0564. The number of hydrogen-bond donors (Lipinski definition) is 1. The first kappa shape index (κ1) is 15.9. The van der Waals surface area contributed by atoms with Crippen molar-refractivity contribution in [3.63, 3.8) is 0 Å². The average Bonchev–Trinajstić information content (AvgIpc) is 3.08. The van der Waals surface area contributed by atoms with Crippen molar-refractivity contribution in [3.05, 3.63) is 29.3 Å². The number of benzene rings is 1. The van der Waals surface area contributed by atoms with Crippen molar-refractivity contribution >= 4 is 34.1 Å². The van der Waals surface area contributed by atoms with Gasteiger partial charge in [0.25, 0.3) is 0 Å². The second kappa shape index (κ2) is 6.69. The van der Waals surface area contributed by atoms with Gasteiger partial charge in [0.15, 0.2) is 5.82 Å². The minimum atomic E-state index is -0.187. The molecule has 0 bridgehead atoms. The fourth-order valence-electron chi connectivity index (χ4n) is 2.61. The summed E-state index contributed by atoms with van der Waals surface area (Å²) < 4.78 is 5.25. The SMILES string of the molecule is Cc1nnc(-c2ccc3nnc(NC(=O)N4CCOCC4)cc3c2)s1. The fourth-order valence-corrected chi connectivity index (χ4v) is 3.30. The summed E-state index contributed by atoms with van der Waals surface area (Å²) in [5.41, 5.74) is 1.73. The van der Waals surface area contributed by atoms with E-state index in [2.05, 4.69) is 25.7 Å². The molecule has 9 heteroatoms. The quantitative estimate of drug-likeness (QED) is 0.757. The highest BCUT2D eigenvalue weighted by atomic mass is 32.1. The maximum atomic E-state index is 12.3. The van der Waals surface area contributed by atoms with Gasteiger partial charge in [-0.1, -0.05) is 11.3 Å². The monoisotopic (exact) mass is 356 g/mol. The zero-order chi connectivity index (χ0) is 17.2. The Labute approximate surface area is 147 Å². The number of carbonyl (C=O) groups excluding carboxylic acids is 1. The zero-order valence-corrected chi connectivity index (χ0v) is 14.4. The number of nitrogens with zero attached hydrogens (tertiary/aromatic N) is 5. The number of rotatable bonds is 2. The Kier molecular flexibility index (Phi) is 4.24. The van der Waals surface area contributed by atoms with Gasteiger partial charge in [-0.3, -0.25) is 5.32 Å². The van der Waals surface area contributed by atoms with Gasteiger partial charge in [0.1, 0.15) is 10.0 Å². The number of aromatic nitrogens is 4. The van der Waals surface area contributed by atoms with Crippen LogP contribution in [0.2, 0.25) is 0 Å². The highest BCUT2D eigenvalue weighted by molar-refractivity contribution is 7.14. The minimum absolute atomic E-state index is 0.187. The summed E-state index contributed by atoms with van der Waals surface area (Å²) in [6.07, 6.45) is 0. The predicted octanol–water partition coefficient (Wildman–Crippen LogP) is 2.32. The lowest BCUT2D eigenvalue weighted by atomic mass is 10.1. The van der Waals surface area contributed by atoms with E-state index in [1.807, 2.05) is 31.2 Å². The number of aryl methyl sites for hydroxylation is 1. The topological polar surface area (TPSA) is 93.1 Å². The van der Waals surface area contributed by atoms with Crippen LogP contribution in [0.25, 0.3) is 21.5 Å². The van der Waals surface area contributed by atoms with Gasteiger partial charge in [-0.2, -0.15) is 0 Å². The lowest BCUT2D eigenvalue weighted by Gasteiger charge is -2.26. The zero-order valence-electron chi connectivity index (χ0n) is 13.6. The number of carbonyl (C=O) groups is 1. The Bertz CT molecular complexity index is 922. The first-order valence-corrected chi connectivity index (χ1v) is 8.72. The molecule has 8 nitrogen and oxygen atoms in total. The molecule has 4 rings (SSSR count). The van der Waals surface area contributed by atoms with Crippen LogP contribution >= 0.6 is 11.3 Å². The normalized spacial score (nSPS) is 14.7. The molecule has 25 heavy (non-hydrogen) atoms. The van der Waals surface area contributed by atoms with Gasteiger partial charge in [-0.15, -0.1) is 20.4 Å². The molecule has 1 saturated heterocycles. The van der Waals surface area contributed by atoms with Crippen molar-refractivity contribution in [2.24, 2.45) is 0 Å². The van der Waals surface area contributed by atoms with Crippen LogP contribution in [0.5, 0.6) is 0 Å². The number of morpholine rings is 1. The number of nitrogens with one attached hydrogen (secondary N) is 1. The standard InChI is InChI=1S/C16H16N6O2S/c1-10-18-21-15(25-10)11-2-3-13-12(8-11)9-14(20-19-13)17-16(23)22-4-6-24-7-5-22/h2-3,8-9H,4-7H2,1H3,(H,17,20,23). The van der Waals surface area contributed by atoms with E-state index >= 15 is 0 Å². The molecule has 2 aromatic heterocycles. The molecular formula is C16H16N6O2S. The second-order valence-corrected chi connectivity index (χ2v) is 6.84. The third kappa shape index (κ3) is 3.42. The van der Waals surface area contributed by atoms with Gasteiger partial charge in [0.05, 0.1) is 18.7 Å². The summed E-state index contributed by atoms with van der Waals surface area (Å²) in [6.45, 7) is 4.19. The van der Waals surface area contributed by atoms with Gasteiger partial charge < -0.3 is 9.64 Å². The molecule has 128 valence electrons. The number of anilines is 1. The average molecular weight is 356 g/mol. The molecule has 1 aromatic carbocycles. The molecule has 0 unspecified atom stereocenters. The Balaban J connectivity index is 1.59.